The first kappa shape index (κ1) is 14.4. The number of phenols is 1. The van der Waals surface area contributed by atoms with Gasteiger partial charge in [-0.2, -0.15) is 0 Å². The van der Waals surface area contributed by atoms with Crippen molar-refractivity contribution in [2.75, 3.05) is 7.11 Å². The molecular weight excluding hydrogens is 276 g/mol. The van der Waals surface area contributed by atoms with Crippen molar-refractivity contribution in [2.45, 2.75) is 57.5 Å². The Kier molecular flexibility index (Phi) is 3.19. The molecule has 2 saturated carbocycles. The molecule has 0 saturated heterocycles. The number of hydrogen-bond acceptors (Lipinski definition) is 3. The Labute approximate surface area is 132 Å². The van der Waals surface area contributed by atoms with Crippen molar-refractivity contribution in [3.63, 3.8) is 0 Å². The minimum absolute atomic E-state index is 0.116. The van der Waals surface area contributed by atoms with Crippen molar-refractivity contribution < 1.29 is 14.9 Å². The maximum Gasteiger partial charge on any atom is 0.160 e. The molecule has 0 unspecified atom stereocenters. The predicted molar refractivity (Wildman–Crippen MR) is 85.3 cm³/mol. The normalized spacial score (nSPS) is 39.8. The van der Waals surface area contributed by atoms with E-state index >= 15 is 0 Å². The number of benzene rings is 1. The van der Waals surface area contributed by atoms with E-state index in [2.05, 4.69) is 13.0 Å². The lowest BCUT2D eigenvalue weighted by Crippen LogP contribution is -2.43. The van der Waals surface area contributed by atoms with Crippen LogP contribution < -0.4 is 4.74 Å². The molecule has 22 heavy (non-hydrogen) atoms. The van der Waals surface area contributed by atoms with Gasteiger partial charge in [-0.3, -0.25) is 0 Å². The Hall–Kier alpha value is -1.22. The van der Waals surface area contributed by atoms with Crippen LogP contribution in [-0.2, 0) is 6.42 Å². The molecule has 5 atom stereocenters. The topological polar surface area (TPSA) is 49.7 Å². The fourth-order valence-corrected chi connectivity index (χ4v) is 5.72. The van der Waals surface area contributed by atoms with Gasteiger partial charge in [-0.15, -0.1) is 0 Å². The highest BCUT2D eigenvalue weighted by atomic mass is 16.5. The molecule has 3 nitrogen and oxygen atoms in total. The lowest BCUT2D eigenvalue weighted by molar-refractivity contribution is -0.0226. The molecule has 0 aromatic heterocycles. The monoisotopic (exact) mass is 302 g/mol. The number of methoxy groups -OCH3 is 1. The number of aromatic hydroxyl groups is 1. The zero-order valence-electron chi connectivity index (χ0n) is 13.5. The van der Waals surface area contributed by atoms with E-state index < -0.39 is 0 Å². The van der Waals surface area contributed by atoms with E-state index in [-0.39, 0.29) is 17.3 Å². The van der Waals surface area contributed by atoms with E-state index in [0.29, 0.717) is 23.5 Å². The summed E-state index contributed by atoms with van der Waals surface area (Å²) in [6.07, 6.45) is 6.51. The van der Waals surface area contributed by atoms with Gasteiger partial charge >= 0.3 is 0 Å². The second kappa shape index (κ2) is 4.89. The van der Waals surface area contributed by atoms with Gasteiger partial charge in [0.1, 0.15) is 0 Å². The van der Waals surface area contributed by atoms with E-state index in [0.717, 1.165) is 25.7 Å². The molecule has 2 fully saturated rings. The number of ether oxygens (including phenoxy) is 1. The highest BCUT2D eigenvalue weighted by molar-refractivity contribution is 5.49. The van der Waals surface area contributed by atoms with Crippen molar-refractivity contribution in [1.82, 2.24) is 0 Å². The van der Waals surface area contributed by atoms with Gasteiger partial charge in [0.05, 0.1) is 13.2 Å². The Morgan fingerprint density at radius 1 is 1.18 bits per heavy atom. The molecule has 0 amide bonds. The molecular formula is C19H26O3. The van der Waals surface area contributed by atoms with Gasteiger partial charge in [0.15, 0.2) is 11.5 Å². The molecule has 0 spiro atoms. The standard InChI is InChI=1S/C19H26O3/c1-19-8-7-12-13(15(19)5-6-18(19)21)4-3-11-9-16(20)17(22-2)10-14(11)12/h9-10,12-13,15,18,20-21H,3-8H2,1-2H3/t12-,13-,15+,18+,19+/m1/s1. The molecule has 0 aliphatic heterocycles. The second-order valence-electron chi connectivity index (χ2n) is 7.78. The summed E-state index contributed by atoms with van der Waals surface area (Å²) >= 11 is 0. The number of aryl methyl sites for hydroxylation is 1. The Morgan fingerprint density at radius 2 is 2.00 bits per heavy atom. The van der Waals surface area contributed by atoms with Gasteiger partial charge in [0.2, 0.25) is 0 Å². The molecule has 1 aromatic rings. The molecule has 0 radical (unpaired) electrons. The van der Waals surface area contributed by atoms with Crippen LogP contribution in [0.3, 0.4) is 0 Å². The number of hydrogen-bond donors (Lipinski definition) is 2. The van der Waals surface area contributed by atoms with Crippen LogP contribution in [0.4, 0.5) is 0 Å². The number of aliphatic hydroxyl groups is 1. The second-order valence-corrected chi connectivity index (χ2v) is 7.78. The first-order valence-corrected chi connectivity index (χ1v) is 8.62. The van der Waals surface area contributed by atoms with E-state index in [1.54, 1.807) is 7.11 Å². The van der Waals surface area contributed by atoms with Crippen LogP contribution in [0.2, 0.25) is 0 Å². The third kappa shape index (κ3) is 1.84. The van der Waals surface area contributed by atoms with Gasteiger partial charge in [0.25, 0.3) is 0 Å². The highest BCUT2D eigenvalue weighted by Crippen LogP contribution is 2.61. The molecule has 3 heteroatoms. The summed E-state index contributed by atoms with van der Waals surface area (Å²) in [5.74, 6) is 2.75. The van der Waals surface area contributed by atoms with Crippen LogP contribution in [0.5, 0.6) is 11.5 Å². The Balaban J connectivity index is 1.72. The highest BCUT2D eigenvalue weighted by Gasteiger charge is 2.54. The number of fused-ring (bicyclic) bond motifs is 5. The summed E-state index contributed by atoms with van der Waals surface area (Å²) in [5, 5.41) is 20.5. The predicted octanol–water partition coefficient (Wildman–Crippen LogP) is 3.62. The summed E-state index contributed by atoms with van der Waals surface area (Å²) < 4.78 is 5.32. The molecule has 3 aliphatic rings. The maximum atomic E-state index is 10.4. The molecule has 2 N–H and O–H groups in total. The van der Waals surface area contributed by atoms with Crippen molar-refractivity contribution >= 4 is 0 Å². The fraction of sp³-hybridized carbons (Fsp3) is 0.684. The van der Waals surface area contributed by atoms with Gasteiger partial charge in [-0.05, 0) is 85.0 Å². The van der Waals surface area contributed by atoms with E-state index in [9.17, 15) is 10.2 Å². The smallest absolute Gasteiger partial charge is 0.160 e. The summed E-state index contributed by atoms with van der Waals surface area (Å²) in [4.78, 5) is 0. The first-order valence-electron chi connectivity index (χ1n) is 8.62. The van der Waals surface area contributed by atoms with Gasteiger partial charge in [-0.1, -0.05) is 6.92 Å². The maximum absolute atomic E-state index is 10.4. The minimum atomic E-state index is -0.116. The summed E-state index contributed by atoms with van der Waals surface area (Å²) in [5.41, 5.74) is 2.80. The third-order valence-electron chi connectivity index (χ3n) is 6.97. The third-order valence-corrected chi connectivity index (χ3v) is 6.97. The van der Waals surface area contributed by atoms with E-state index in [4.69, 9.17) is 4.74 Å². The number of phenolic OH excluding ortho intramolecular Hbond substituents is 1. The molecule has 120 valence electrons. The van der Waals surface area contributed by atoms with Crippen LogP contribution in [0, 0.1) is 17.3 Å². The largest absolute Gasteiger partial charge is 0.504 e. The summed E-state index contributed by atoms with van der Waals surface area (Å²) in [6.45, 7) is 2.30. The average molecular weight is 302 g/mol. The van der Waals surface area contributed by atoms with Gasteiger partial charge in [-0.25, -0.2) is 0 Å². The van der Waals surface area contributed by atoms with E-state index in [1.807, 2.05) is 6.07 Å². The van der Waals surface area contributed by atoms with Gasteiger partial charge < -0.3 is 14.9 Å². The molecule has 0 bridgehead atoms. The molecule has 3 aliphatic carbocycles. The lowest BCUT2D eigenvalue weighted by Gasteiger charge is -2.50. The van der Waals surface area contributed by atoms with Crippen LogP contribution in [0.15, 0.2) is 12.1 Å². The van der Waals surface area contributed by atoms with Crippen molar-refractivity contribution in [3.8, 4) is 11.5 Å². The number of aliphatic hydroxyl groups excluding tert-OH is 1. The van der Waals surface area contributed by atoms with Crippen LogP contribution >= 0.6 is 0 Å². The van der Waals surface area contributed by atoms with Gasteiger partial charge in [0, 0.05) is 0 Å². The SMILES string of the molecule is COc1cc2c(cc1O)CC[C@@H]1[C@H]2CC[C@]2(C)[C@@H](O)CC[C@@H]12. The zero-order chi connectivity index (χ0) is 15.5. The minimum Gasteiger partial charge on any atom is -0.504 e. The van der Waals surface area contributed by atoms with Crippen LogP contribution in [-0.4, -0.2) is 23.4 Å². The Bertz CT molecular complexity index is 597. The number of rotatable bonds is 1. The van der Waals surface area contributed by atoms with Crippen LogP contribution in [0.1, 0.15) is 56.1 Å². The summed E-state index contributed by atoms with van der Waals surface area (Å²) in [6, 6.07) is 3.97. The molecule has 4 rings (SSSR count). The van der Waals surface area contributed by atoms with Crippen molar-refractivity contribution in [2.24, 2.45) is 17.3 Å². The van der Waals surface area contributed by atoms with Crippen molar-refractivity contribution in [1.29, 1.82) is 0 Å². The zero-order valence-corrected chi connectivity index (χ0v) is 13.5. The fourth-order valence-electron chi connectivity index (χ4n) is 5.72. The lowest BCUT2D eigenvalue weighted by atomic mass is 9.55. The van der Waals surface area contributed by atoms with Crippen LogP contribution in [0.25, 0.3) is 0 Å². The average Bonchev–Trinajstić information content (AvgIpc) is 2.82. The Morgan fingerprint density at radius 3 is 2.77 bits per heavy atom. The first-order chi connectivity index (χ1) is 10.5. The molecule has 1 aromatic carbocycles. The van der Waals surface area contributed by atoms with Crippen molar-refractivity contribution in [3.05, 3.63) is 23.3 Å². The quantitative estimate of drug-likeness (QED) is 0.833. The summed E-state index contributed by atoms with van der Waals surface area (Å²) in [7, 11) is 1.62. The van der Waals surface area contributed by atoms with E-state index in [1.165, 1.54) is 24.0 Å². The molecule has 0 heterocycles.